The normalized spacial score (nSPS) is 18.9. The van der Waals surface area contributed by atoms with Crippen LogP contribution in [0.1, 0.15) is 43.4 Å². The lowest BCUT2D eigenvalue weighted by Gasteiger charge is -2.23. The van der Waals surface area contributed by atoms with Crippen molar-refractivity contribution in [1.29, 1.82) is 0 Å². The minimum Gasteiger partial charge on any atom is -0.486 e. The molecule has 1 aromatic carbocycles. The molecule has 2 aromatic rings. The molecule has 3 heterocycles. The predicted molar refractivity (Wildman–Crippen MR) is 102 cm³/mol. The smallest absolute Gasteiger partial charge is 0.264 e. The largest absolute Gasteiger partial charge is 0.486 e. The average molecular weight is 384 g/mol. The van der Waals surface area contributed by atoms with E-state index in [9.17, 15) is 4.79 Å². The molecule has 148 valence electrons. The molecular formula is C20H24N4O4. The van der Waals surface area contributed by atoms with E-state index in [1.54, 1.807) is 10.9 Å². The van der Waals surface area contributed by atoms with Crippen LogP contribution in [-0.2, 0) is 16.7 Å². The van der Waals surface area contributed by atoms with Crippen LogP contribution < -0.4 is 14.8 Å². The van der Waals surface area contributed by atoms with Crippen LogP contribution in [0.3, 0.4) is 0 Å². The maximum absolute atomic E-state index is 12.8. The van der Waals surface area contributed by atoms with Crippen LogP contribution in [0, 0.1) is 0 Å². The first-order chi connectivity index (χ1) is 13.6. The summed E-state index contributed by atoms with van der Waals surface area (Å²) in [5.74, 6) is 1.29. The van der Waals surface area contributed by atoms with Crippen LogP contribution in [0.25, 0.3) is 0 Å². The first-order valence-corrected chi connectivity index (χ1v) is 9.55. The Morgan fingerprint density at radius 3 is 2.89 bits per heavy atom. The number of hydrogen-bond donors (Lipinski definition) is 1. The number of nitrogens with one attached hydrogen (secondary N) is 1. The van der Waals surface area contributed by atoms with Gasteiger partial charge in [-0.3, -0.25) is 9.48 Å². The summed E-state index contributed by atoms with van der Waals surface area (Å²) >= 11 is 0. The van der Waals surface area contributed by atoms with Crippen molar-refractivity contribution in [3.8, 4) is 11.5 Å². The summed E-state index contributed by atoms with van der Waals surface area (Å²) in [5.41, 5.74) is 2.60. The van der Waals surface area contributed by atoms with Gasteiger partial charge in [-0.15, -0.1) is 0 Å². The molecule has 0 saturated carbocycles. The highest BCUT2D eigenvalue weighted by molar-refractivity contribution is 6.03. The van der Waals surface area contributed by atoms with Crippen LogP contribution >= 0.6 is 0 Å². The zero-order valence-electron chi connectivity index (χ0n) is 16.1. The number of fused-ring (bicyclic) bond motifs is 1. The van der Waals surface area contributed by atoms with Gasteiger partial charge in [-0.25, -0.2) is 0 Å². The van der Waals surface area contributed by atoms with Crippen molar-refractivity contribution in [2.75, 3.05) is 13.2 Å². The van der Waals surface area contributed by atoms with Crippen LogP contribution in [0.4, 0.5) is 0 Å². The Morgan fingerprint density at radius 2 is 2.14 bits per heavy atom. The van der Waals surface area contributed by atoms with Gasteiger partial charge in [0.25, 0.3) is 5.91 Å². The molecule has 28 heavy (non-hydrogen) atoms. The zero-order valence-corrected chi connectivity index (χ0v) is 16.1. The SMILES string of the molecule is CCC[C@H](NC(=O)[C@H]1CC(c2cnn(C)c2)=NO1)c1ccc2c(c1)OCCO2. The van der Waals surface area contributed by atoms with Crippen LogP contribution in [0.15, 0.2) is 35.7 Å². The topological polar surface area (TPSA) is 87.0 Å². The number of hydrogen-bond acceptors (Lipinski definition) is 6. The number of oxime groups is 1. The van der Waals surface area contributed by atoms with E-state index in [4.69, 9.17) is 14.3 Å². The molecule has 2 atom stereocenters. The lowest BCUT2D eigenvalue weighted by Crippen LogP contribution is -2.37. The van der Waals surface area contributed by atoms with E-state index in [0.717, 1.165) is 41.2 Å². The number of amides is 1. The Bertz CT molecular complexity index is 892. The molecule has 0 aliphatic carbocycles. The maximum Gasteiger partial charge on any atom is 0.264 e. The average Bonchev–Trinajstić information content (AvgIpc) is 3.36. The second-order valence-corrected chi connectivity index (χ2v) is 6.99. The number of carbonyl (C=O) groups excluding carboxylic acids is 1. The fourth-order valence-corrected chi connectivity index (χ4v) is 3.41. The van der Waals surface area contributed by atoms with Gasteiger partial charge in [0.2, 0.25) is 6.10 Å². The van der Waals surface area contributed by atoms with E-state index in [1.165, 1.54) is 0 Å². The Hall–Kier alpha value is -3.03. The number of benzene rings is 1. The van der Waals surface area contributed by atoms with E-state index >= 15 is 0 Å². The molecule has 0 saturated heterocycles. The van der Waals surface area contributed by atoms with Crippen LogP contribution in [0.2, 0.25) is 0 Å². The second kappa shape index (κ2) is 7.92. The predicted octanol–water partition coefficient (Wildman–Crippen LogP) is 2.34. The highest BCUT2D eigenvalue weighted by Gasteiger charge is 2.31. The number of carbonyl (C=O) groups is 1. The van der Waals surface area contributed by atoms with E-state index in [2.05, 4.69) is 22.5 Å². The summed E-state index contributed by atoms with van der Waals surface area (Å²) in [4.78, 5) is 18.2. The third-order valence-electron chi connectivity index (χ3n) is 4.86. The molecule has 1 N–H and O–H groups in total. The summed E-state index contributed by atoms with van der Waals surface area (Å²) in [7, 11) is 1.84. The standard InChI is InChI=1S/C20H24N4O4/c1-3-4-15(13-5-6-17-18(9-13)27-8-7-26-17)22-20(25)19-10-16(23-28-19)14-11-21-24(2)12-14/h5-6,9,11-12,15,19H,3-4,7-8,10H2,1-2H3,(H,22,25)/t15-,19+/m0/s1. The molecule has 0 spiro atoms. The zero-order chi connectivity index (χ0) is 19.5. The van der Waals surface area contributed by atoms with Crippen molar-refractivity contribution in [1.82, 2.24) is 15.1 Å². The van der Waals surface area contributed by atoms with Crippen LogP contribution in [-0.4, -0.2) is 40.7 Å². The summed E-state index contributed by atoms with van der Waals surface area (Å²) < 4.78 is 13.0. The first-order valence-electron chi connectivity index (χ1n) is 9.55. The van der Waals surface area contributed by atoms with E-state index in [-0.39, 0.29) is 11.9 Å². The quantitative estimate of drug-likeness (QED) is 0.826. The van der Waals surface area contributed by atoms with Gasteiger partial charge >= 0.3 is 0 Å². The van der Waals surface area contributed by atoms with Gasteiger partial charge in [0.1, 0.15) is 13.2 Å². The molecule has 2 aliphatic heterocycles. The van der Waals surface area contributed by atoms with Crippen LogP contribution in [0.5, 0.6) is 11.5 Å². The van der Waals surface area contributed by atoms with Crippen molar-refractivity contribution >= 4 is 11.6 Å². The molecule has 4 rings (SSSR count). The lowest BCUT2D eigenvalue weighted by atomic mass is 10.0. The van der Waals surface area contributed by atoms with Gasteiger partial charge in [0.15, 0.2) is 11.5 Å². The van der Waals surface area contributed by atoms with E-state index in [1.807, 2.05) is 31.4 Å². The number of ether oxygens (including phenoxy) is 2. The van der Waals surface area contributed by atoms with Gasteiger partial charge in [-0.1, -0.05) is 24.6 Å². The number of aryl methyl sites for hydroxylation is 1. The van der Waals surface area contributed by atoms with Gasteiger partial charge in [0.05, 0.1) is 18.0 Å². The monoisotopic (exact) mass is 384 g/mol. The Balaban J connectivity index is 1.43. The van der Waals surface area contributed by atoms with E-state index < -0.39 is 6.10 Å². The Morgan fingerprint density at radius 1 is 1.32 bits per heavy atom. The Labute approximate surface area is 163 Å². The van der Waals surface area contributed by atoms with Crippen molar-refractivity contribution in [3.63, 3.8) is 0 Å². The Kier molecular flexibility index (Phi) is 5.18. The second-order valence-electron chi connectivity index (χ2n) is 6.99. The van der Waals surface area contributed by atoms with Gasteiger partial charge < -0.3 is 19.6 Å². The highest BCUT2D eigenvalue weighted by Crippen LogP contribution is 2.33. The minimum absolute atomic E-state index is 0.126. The summed E-state index contributed by atoms with van der Waals surface area (Å²) in [6, 6.07) is 5.69. The van der Waals surface area contributed by atoms with Gasteiger partial charge in [0, 0.05) is 25.2 Å². The molecule has 8 heteroatoms. The molecular weight excluding hydrogens is 360 g/mol. The fraction of sp³-hybridized carbons (Fsp3) is 0.450. The summed E-state index contributed by atoms with van der Waals surface area (Å²) in [6.07, 6.45) is 5.12. The molecule has 1 amide bonds. The van der Waals surface area contributed by atoms with Crippen molar-refractivity contribution in [3.05, 3.63) is 41.7 Å². The lowest BCUT2D eigenvalue weighted by molar-refractivity contribution is -0.132. The number of rotatable bonds is 6. The third kappa shape index (κ3) is 3.81. The minimum atomic E-state index is -0.633. The molecule has 1 aromatic heterocycles. The molecule has 0 radical (unpaired) electrons. The summed E-state index contributed by atoms with van der Waals surface area (Å²) in [6.45, 7) is 3.18. The van der Waals surface area contributed by atoms with Crippen molar-refractivity contribution < 1.29 is 19.1 Å². The number of nitrogens with zero attached hydrogens (tertiary/aromatic N) is 3. The third-order valence-corrected chi connectivity index (χ3v) is 4.86. The van der Waals surface area contributed by atoms with E-state index in [0.29, 0.717) is 19.6 Å². The van der Waals surface area contributed by atoms with Crippen molar-refractivity contribution in [2.45, 2.75) is 38.3 Å². The number of aromatic nitrogens is 2. The molecule has 0 fully saturated rings. The molecule has 0 bridgehead atoms. The van der Waals surface area contributed by atoms with Crippen molar-refractivity contribution in [2.24, 2.45) is 12.2 Å². The molecule has 8 nitrogen and oxygen atoms in total. The summed E-state index contributed by atoms with van der Waals surface area (Å²) in [5, 5.41) is 11.3. The fourth-order valence-electron chi connectivity index (χ4n) is 3.41. The molecule has 2 aliphatic rings. The van der Waals surface area contributed by atoms with Gasteiger partial charge in [-0.2, -0.15) is 5.10 Å². The molecule has 0 unspecified atom stereocenters. The highest BCUT2D eigenvalue weighted by atomic mass is 16.6. The maximum atomic E-state index is 12.8. The van der Waals surface area contributed by atoms with Gasteiger partial charge in [-0.05, 0) is 24.1 Å². The first kappa shape index (κ1) is 18.3.